The van der Waals surface area contributed by atoms with Gasteiger partial charge in [-0.3, -0.25) is 24.1 Å². The van der Waals surface area contributed by atoms with E-state index in [4.69, 9.17) is 0 Å². The Kier molecular flexibility index (Phi) is 6.01. The fourth-order valence-electron chi connectivity index (χ4n) is 7.49. The summed E-state index contributed by atoms with van der Waals surface area (Å²) in [6.07, 6.45) is 4.35. The molecule has 210 valence electrons. The number of imide groups is 1. The lowest BCUT2D eigenvalue weighted by Gasteiger charge is -2.42. The third-order valence-corrected chi connectivity index (χ3v) is 9.45. The van der Waals surface area contributed by atoms with Gasteiger partial charge in [-0.15, -0.1) is 0 Å². The van der Waals surface area contributed by atoms with E-state index in [1.807, 2.05) is 36.4 Å². The highest BCUT2D eigenvalue weighted by Gasteiger charge is 2.56. The molecule has 2 amide bonds. The molecule has 1 aliphatic heterocycles. The lowest BCUT2D eigenvalue weighted by Crippen LogP contribution is -2.40. The number of nitrogens with zero attached hydrogens (tertiary/aromatic N) is 1. The van der Waals surface area contributed by atoms with Crippen LogP contribution < -0.4 is 0 Å². The van der Waals surface area contributed by atoms with Crippen molar-refractivity contribution in [3.8, 4) is 11.5 Å². The lowest BCUT2D eigenvalue weighted by atomic mass is 9.59. The van der Waals surface area contributed by atoms with E-state index in [0.29, 0.717) is 35.1 Å². The number of rotatable bonds is 4. The van der Waals surface area contributed by atoms with Crippen molar-refractivity contribution in [1.82, 2.24) is 4.90 Å². The number of hydrogen-bond acceptors (Lipinski definition) is 6. The van der Waals surface area contributed by atoms with Gasteiger partial charge in [0, 0.05) is 34.7 Å². The number of Topliss-reactive ketones (excluding diaryl/α,β-unsaturated/α-hetero) is 1. The van der Waals surface area contributed by atoms with Crippen molar-refractivity contribution in [1.29, 1.82) is 0 Å². The van der Waals surface area contributed by atoms with Crippen LogP contribution in [0.3, 0.4) is 0 Å². The monoisotopic (exact) mass is 559 g/mol. The van der Waals surface area contributed by atoms with Gasteiger partial charge in [0.2, 0.25) is 11.8 Å². The van der Waals surface area contributed by atoms with E-state index in [1.165, 1.54) is 11.0 Å². The normalized spacial score (nSPS) is 25.3. The standard InChI is InChI=1S/C35H29NO6/c1-18-16-28(39)31-26(33(18)40)17-25-23(32(31)30-22-5-3-2-4-20(22)8-13-27(30)38)11-12-24-29(25)35(42)36(34(24)41)15-14-19-6-9-21(37)10-7-19/h2-11,13,16,24-25,29,32,37-38H,12,14-15,17H2,1H3/t24-,25+,29-,32+/m0/s1. The summed E-state index contributed by atoms with van der Waals surface area (Å²) in [5, 5.41) is 22.5. The SMILES string of the molecule is CC1=CC(=O)C2=C(C[C@@H]3C(=CC[C@@H]4C(=O)N(CCc5ccc(O)cc5)C(=O)[C@@H]43)[C@@H]2c2c(O)ccc3ccccc23)C1=O. The number of carbonyl (C=O) groups is 4. The molecule has 7 heteroatoms. The Morgan fingerprint density at radius 1 is 0.881 bits per heavy atom. The van der Waals surface area contributed by atoms with E-state index >= 15 is 0 Å². The summed E-state index contributed by atoms with van der Waals surface area (Å²) in [6, 6.07) is 17.7. The molecule has 7 rings (SSSR count). The van der Waals surface area contributed by atoms with Gasteiger partial charge in [-0.25, -0.2) is 0 Å². The molecule has 0 saturated carbocycles. The average Bonchev–Trinajstić information content (AvgIpc) is 3.23. The molecule has 42 heavy (non-hydrogen) atoms. The minimum absolute atomic E-state index is 0.0186. The van der Waals surface area contributed by atoms with Gasteiger partial charge in [-0.05, 0) is 72.7 Å². The van der Waals surface area contributed by atoms with E-state index < -0.39 is 23.7 Å². The molecule has 0 bridgehead atoms. The second-order valence-electron chi connectivity index (χ2n) is 11.7. The molecule has 0 spiro atoms. The Balaban J connectivity index is 1.32. The van der Waals surface area contributed by atoms with E-state index in [9.17, 15) is 29.4 Å². The smallest absolute Gasteiger partial charge is 0.233 e. The first-order valence-corrected chi connectivity index (χ1v) is 14.3. The summed E-state index contributed by atoms with van der Waals surface area (Å²) in [7, 11) is 0. The van der Waals surface area contributed by atoms with Crippen LogP contribution in [0.1, 0.15) is 36.8 Å². The van der Waals surface area contributed by atoms with E-state index in [1.54, 1.807) is 37.3 Å². The van der Waals surface area contributed by atoms with Crippen molar-refractivity contribution in [3.63, 3.8) is 0 Å². The number of allylic oxidation sites excluding steroid dienone is 6. The number of fused-ring (bicyclic) bond motifs is 4. The second kappa shape index (κ2) is 9.65. The zero-order valence-corrected chi connectivity index (χ0v) is 23.0. The summed E-state index contributed by atoms with van der Waals surface area (Å²) in [5.41, 5.74) is 3.35. The van der Waals surface area contributed by atoms with Crippen LogP contribution in [0, 0.1) is 17.8 Å². The number of hydrogen-bond donors (Lipinski definition) is 2. The number of aromatic hydroxyl groups is 2. The highest BCUT2D eigenvalue weighted by atomic mass is 16.3. The molecule has 3 aromatic rings. The average molecular weight is 560 g/mol. The first kappa shape index (κ1) is 26.1. The Hall–Kier alpha value is -4.78. The van der Waals surface area contributed by atoms with Crippen molar-refractivity contribution in [3.05, 3.63) is 106 Å². The van der Waals surface area contributed by atoms with Gasteiger partial charge in [-0.2, -0.15) is 0 Å². The highest BCUT2D eigenvalue weighted by molar-refractivity contribution is 6.24. The molecule has 1 saturated heterocycles. The molecule has 2 N–H and O–H groups in total. The van der Waals surface area contributed by atoms with Gasteiger partial charge >= 0.3 is 0 Å². The number of likely N-dealkylation sites (tertiary alicyclic amines) is 1. The van der Waals surface area contributed by atoms with Gasteiger partial charge in [0.1, 0.15) is 11.5 Å². The number of amides is 2. The van der Waals surface area contributed by atoms with E-state index in [2.05, 4.69) is 0 Å². The van der Waals surface area contributed by atoms with Crippen LogP contribution in [-0.4, -0.2) is 45.0 Å². The van der Waals surface area contributed by atoms with Crippen molar-refractivity contribution in [2.24, 2.45) is 17.8 Å². The predicted octanol–water partition coefficient (Wildman–Crippen LogP) is 4.92. The fourth-order valence-corrected chi connectivity index (χ4v) is 7.49. The molecular formula is C35H29NO6. The molecule has 1 heterocycles. The zero-order valence-electron chi connectivity index (χ0n) is 23.0. The molecule has 0 radical (unpaired) electrons. The largest absolute Gasteiger partial charge is 0.508 e. The zero-order chi connectivity index (χ0) is 29.3. The third-order valence-electron chi connectivity index (χ3n) is 9.45. The number of benzene rings is 3. The predicted molar refractivity (Wildman–Crippen MR) is 155 cm³/mol. The third kappa shape index (κ3) is 3.87. The molecule has 1 fully saturated rings. The molecule has 3 aliphatic carbocycles. The van der Waals surface area contributed by atoms with Crippen LogP contribution in [0.4, 0.5) is 0 Å². The maximum absolute atomic E-state index is 14.0. The summed E-state index contributed by atoms with van der Waals surface area (Å²) in [6.45, 7) is 1.84. The van der Waals surface area contributed by atoms with Crippen LogP contribution in [0.5, 0.6) is 11.5 Å². The molecule has 0 unspecified atom stereocenters. The van der Waals surface area contributed by atoms with E-state index in [0.717, 1.165) is 21.9 Å². The Morgan fingerprint density at radius 3 is 2.43 bits per heavy atom. The van der Waals surface area contributed by atoms with Crippen molar-refractivity contribution in [2.45, 2.75) is 32.1 Å². The lowest BCUT2D eigenvalue weighted by molar-refractivity contribution is -0.140. The minimum Gasteiger partial charge on any atom is -0.508 e. The summed E-state index contributed by atoms with van der Waals surface area (Å²) in [4.78, 5) is 56.0. The first-order chi connectivity index (χ1) is 20.2. The maximum atomic E-state index is 14.0. The van der Waals surface area contributed by atoms with Gasteiger partial charge in [0.25, 0.3) is 0 Å². The van der Waals surface area contributed by atoms with Gasteiger partial charge in [-0.1, -0.05) is 54.1 Å². The maximum Gasteiger partial charge on any atom is 0.233 e. The van der Waals surface area contributed by atoms with Crippen LogP contribution in [0.15, 0.2) is 95.1 Å². The van der Waals surface area contributed by atoms with Gasteiger partial charge < -0.3 is 10.2 Å². The van der Waals surface area contributed by atoms with Crippen LogP contribution in [0.25, 0.3) is 10.8 Å². The molecule has 4 aliphatic rings. The van der Waals surface area contributed by atoms with E-state index in [-0.39, 0.29) is 47.8 Å². The van der Waals surface area contributed by atoms with Gasteiger partial charge in [0.15, 0.2) is 11.6 Å². The minimum atomic E-state index is -0.708. The van der Waals surface area contributed by atoms with Crippen LogP contribution in [-0.2, 0) is 25.6 Å². The molecule has 4 atom stereocenters. The molecule has 0 aromatic heterocycles. The van der Waals surface area contributed by atoms with Crippen LogP contribution >= 0.6 is 0 Å². The number of carbonyl (C=O) groups excluding carboxylic acids is 4. The van der Waals surface area contributed by atoms with Gasteiger partial charge in [0.05, 0.1) is 11.8 Å². The Bertz CT molecular complexity index is 1810. The van der Waals surface area contributed by atoms with Crippen LogP contribution in [0.2, 0.25) is 0 Å². The second-order valence-corrected chi connectivity index (χ2v) is 11.7. The Morgan fingerprint density at radius 2 is 1.64 bits per heavy atom. The molecule has 3 aromatic carbocycles. The molecular weight excluding hydrogens is 530 g/mol. The highest BCUT2D eigenvalue weighted by Crippen LogP contribution is 2.57. The topological polar surface area (TPSA) is 112 Å². The first-order valence-electron chi connectivity index (χ1n) is 14.3. The number of phenols is 2. The fraction of sp³-hybridized carbons (Fsp3) is 0.257. The van der Waals surface area contributed by atoms with Crippen molar-refractivity contribution in [2.75, 3.05) is 6.54 Å². The summed E-state index contributed by atoms with van der Waals surface area (Å²) >= 11 is 0. The number of phenolic OH excluding ortho intramolecular Hbond substituents is 2. The summed E-state index contributed by atoms with van der Waals surface area (Å²) < 4.78 is 0. The number of ketones is 2. The van der Waals surface area contributed by atoms with Crippen molar-refractivity contribution < 1.29 is 29.4 Å². The summed E-state index contributed by atoms with van der Waals surface area (Å²) in [5.74, 6) is -3.15. The van der Waals surface area contributed by atoms with Crippen molar-refractivity contribution >= 4 is 34.2 Å². The molecule has 7 nitrogen and oxygen atoms in total. The quantitative estimate of drug-likeness (QED) is 0.267. The Labute approximate surface area is 242 Å².